The fourth-order valence-corrected chi connectivity index (χ4v) is 0.846. The Morgan fingerprint density at radius 1 is 1.75 bits per heavy atom. The monoisotopic (exact) mass is 188 g/mol. The molecule has 0 amide bonds. The molecule has 12 heavy (non-hydrogen) atoms. The van der Waals surface area contributed by atoms with Crippen LogP contribution >= 0.6 is 11.6 Å². The van der Waals surface area contributed by atoms with E-state index >= 15 is 0 Å². The van der Waals surface area contributed by atoms with Crippen molar-refractivity contribution in [1.82, 2.24) is 0 Å². The molecule has 1 rings (SSSR count). The molecular weight excluding hydrogens is 180 g/mol. The lowest BCUT2D eigenvalue weighted by atomic mass is 10.3. The fraction of sp³-hybridized carbons (Fsp3) is 0.375. The van der Waals surface area contributed by atoms with Crippen LogP contribution in [-0.4, -0.2) is 5.97 Å². The Bertz CT molecular complexity index is 267. The molecule has 0 N–H and O–H groups in total. The van der Waals surface area contributed by atoms with Gasteiger partial charge in [0.15, 0.2) is 0 Å². The SMILES string of the molecule is CCCC(=O)Oc1occc1Cl. The van der Waals surface area contributed by atoms with Crippen LogP contribution in [0.2, 0.25) is 5.02 Å². The first kappa shape index (κ1) is 9.13. The summed E-state index contributed by atoms with van der Waals surface area (Å²) in [6.07, 6.45) is 2.49. The number of esters is 1. The summed E-state index contributed by atoms with van der Waals surface area (Å²) in [7, 11) is 0. The van der Waals surface area contributed by atoms with E-state index in [0.29, 0.717) is 11.4 Å². The van der Waals surface area contributed by atoms with E-state index in [2.05, 4.69) is 0 Å². The summed E-state index contributed by atoms with van der Waals surface area (Å²) in [6, 6.07) is 1.52. The molecule has 0 radical (unpaired) electrons. The average Bonchev–Trinajstić information content (AvgIpc) is 2.37. The molecule has 0 saturated carbocycles. The van der Waals surface area contributed by atoms with E-state index in [1.165, 1.54) is 12.3 Å². The number of furan rings is 1. The topological polar surface area (TPSA) is 39.4 Å². The molecule has 0 fully saturated rings. The van der Waals surface area contributed by atoms with Crippen molar-refractivity contribution in [2.45, 2.75) is 19.8 Å². The van der Waals surface area contributed by atoms with Crippen LogP contribution in [0.3, 0.4) is 0 Å². The molecule has 66 valence electrons. The van der Waals surface area contributed by atoms with Gasteiger partial charge in [0, 0.05) is 6.42 Å². The van der Waals surface area contributed by atoms with Crippen LogP contribution in [0.4, 0.5) is 0 Å². The number of rotatable bonds is 3. The highest BCUT2D eigenvalue weighted by Gasteiger charge is 2.09. The maximum atomic E-state index is 10.9. The minimum absolute atomic E-state index is 0.0788. The van der Waals surface area contributed by atoms with Gasteiger partial charge in [-0.2, -0.15) is 0 Å². The van der Waals surface area contributed by atoms with Gasteiger partial charge in [-0.1, -0.05) is 18.5 Å². The van der Waals surface area contributed by atoms with Crippen LogP contribution < -0.4 is 4.74 Å². The maximum Gasteiger partial charge on any atom is 0.313 e. The van der Waals surface area contributed by atoms with E-state index in [1.807, 2.05) is 6.92 Å². The summed E-state index contributed by atoms with van der Waals surface area (Å²) < 4.78 is 9.59. The van der Waals surface area contributed by atoms with Crippen LogP contribution in [0.25, 0.3) is 0 Å². The molecule has 4 heteroatoms. The molecule has 0 atom stereocenters. The second-order valence-electron chi connectivity index (χ2n) is 2.28. The Labute approximate surface area is 75.3 Å². The van der Waals surface area contributed by atoms with Gasteiger partial charge in [0.1, 0.15) is 5.02 Å². The van der Waals surface area contributed by atoms with E-state index in [0.717, 1.165) is 6.42 Å². The van der Waals surface area contributed by atoms with Crippen molar-refractivity contribution >= 4 is 17.6 Å². The molecule has 1 heterocycles. The van der Waals surface area contributed by atoms with Gasteiger partial charge in [-0.05, 0) is 12.5 Å². The number of ether oxygens (including phenoxy) is 1. The first-order valence-corrected chi connectivity index (χ1v) is 4.05. The Morgan fingerprint density at radius 3 is 3.00 bits per heavy atom. The minimum Gasteiger partial charge on any atom is -0.433 e. The maximum absolute atomic E-state index is 10.9. The number of carbonyl (C=O) groups is 1. The predicted octanol–water partition coefficient (Wildman–Crippen LogP) is 2.64. The van der Waals surface area contributed by atoms with Gasteiger partial charge in [0.25, 0.3) is 0 Å². The zero-order chi connectivity index (χ0) is 8.97. The van der Waals surface area contributed by atoms with Gasteiger partial charge >= 0.3 is 11.9 Å². The lowest BCUT2D eigenvalue weighted by molar-refractivity contribution is -0.135. The smallest absolute Gasteiger partial charge is 0.313 e. The van der Waals surface area contributed by atoms with E-state index in [4.69, 9.17) is 20.8 Å². The van der Waals surface area contributed by atoms with E-state index < -0.39 is 0 Å². The van der Waals surface area contributed by atoms with E-state index in [9.17, 15) is 4.79 Å². The molecule has 0 aliphatic rings. The third-order valence-electron chi connectivity index (χ3n) is 1.25. The van der Waals surface area contributed by atoms with Crippen molar-refractivity contribution in [2.75, 3.05) is 0 Å². The molecule has 0 unspecified atom stereocenters. The molecule has 1 aromatic rings. The molecular formula is C8H9ClO3. The summed E-state index contributed by atoms with van der Waals surface area (Å²) in [5.41, 5.74) is 0. The molecule has 0 aliphatic heterocycles. The Kier molecular flexibility index (Phi) is 3.17. The lowest BCUT2D eigenvalue weighted by Gasteiger charge is -1.98. The highest BCUT2D eigenvalue weighted by Crippen LogP contribution is 2.25. The summed E-state index contributed by atoms with van der Waals surface area (Å²) in [5.74, 6) is -0.246. The summed E-state index contributed by atoms with van der Waals surface area (Å²) in [4.78, 5) is 10.9. The molecule has 0 aromatic carbocycles. The normalized spacial score (nSPS) is 9.83. The van der Waals surface area contributed by atoms with Gasteiger partial charge in [-0.15, -0.1) is 0 Å². The standard InChI is InChI=1S/C8H9ClO3/c1-2-3-7(10)12-8-6(9)4-5-11-8/h4-5H,2-3H2,1H3. The Morgan fingerprint density at radius 2 is 2.50 bits per heavy atom. The second-order valence-corrected chi connectivity index (χ2v) is 2.69. The van der Waals surface area contributed by atoms with Crippen LogP contribution in [0.5, 0.6) is 5.95 Å². The molecule has 0 spiro atoms. The van der Waals surface area contributed by atoms with Crippen LogP contribution in [0, 0.1) is 0 Å². The van der Waals surface area contributed by atoms with E-state index in [-0.39, 0.29) is 11.9 Å². The highest BCUT2D eigenvalue weighted by molar-refractivity contribution is 6.31. The summed E-state index contributed by atoms with van der Waals surface area (Å²) in [5, 5.41) is 0.319. The summed E-state index contributed by atoms with van der Waals surface area (Å²) >= 11 is 5.61. The average molecular weight is 189 g/mol. The molecule has 3 nitrogen and oxygen atoms in total. The number of halogens is 1. The zero-order valence-corrected chi connectivity index (χ0v) is 7.43. The number of hydrogen-bond acceptors (Lipinski definition) is 3. The van der Waals surface area contributed by atoms with Gasteiger partial charge in [0.05, 0.1) is 6.26 Å². The molecule has 0 bridgehead atoms. The number of carbonyl (C=O) groups excluding carboxylic acids is 1. The van der Waals surface area contributed by atoms with Crippen molar-refractivity contribution < 1.29 is 13.9 Å². The van der Waals surface area contributed by atoms with Crippen molar-refractivity contribution in [2.24, 2.45) is 0 Å². The molecule has 0 saturated heterocycles. The van der Waals surface area contributed by atoms with Gasteiger partial charge < -0.3 is 9.15 Å². The van der Waals surface area contributed by atoms with Crippen molar-refractivity contribution in [3.63, 3.8) is 0 Å². The van der Waals surface area contributed by atoms with Gasteiger partial charge in [0.2, 0.25) is 0 Å². The lowest BCUT2D eigenvalue weighted by Crippen LogP contribution is -2.06. The third kappa shape index (κ3) is 2.27. The largest absolute Gasteiger partial charge is 0.433 e. The van der Waals surface area contributed by atoms with Crippen molar-refractivity contribution in [3.8, 4) is 5.95 Å². The fourth-order valence-electron chi connectivity index (χ4n) is 0.711. The first-order chi connectivity index (χ1) is 5.74. The second kappa shape index (κ2) is 4.16. The number of hydrogen-bond donors (Lipinski definition) is 0. The Balaban J connectivity index is 2.52. The third-order valence-corrected chi connectivity index (χ3v) is 1.53. The van der Waals surface area contributed by atoms with Crippen LogP contribution in [0.1, 0.15) is 19.8 Å². The van der Waals surface area contributed by atoms with Gasteiger partial charge in [-0.3, -0.25) is 4.79 Å². The predicted molar refractivity (Wildman–Crippen MR) is 44.3 cm³/mol. The van der Waals surface area contributed by atoms with Gasteiger partial charge in [-0.25, -0.2) is 0 Å². The minimum atomic E-state index is -0.325. The van der Waals surface area contributed by atoms with Crippen molar-refractivity contribution in [3.05, 3.63) is 17.4 Å². The first-order valence-electron chi connectivity index (χ1n) is 3.67. The molecule has 1 aromatic heterocycles. The summed E-state index contributed by atoms with van der Waals surface area (Å²) in [6.45, 7) is 1.89. The van der Waals surface area contributed by atoms with Crippen molar-refractivity contribution in [1.29, 1.82) is 0 Å². The van der Waals surface area contributed by atoms with E-state index in [1.54, 1.807) is 0 Å². The van der Waals surface area contributed by atoms with Crippen LogP contribution in [0.15, 0.2) is 16.7 Å². The quantitative estimate of drug-likeness (QED) is 0.685. The highest BCUT2D eigenvalue weighted by atomic mass is 35.5. The Hall–Kier alpha value is -0.960. The molecule has 0 aliphatic carbocycles. The van der Waals surface area contributed by atoms with Crippen LogP contribution in [-0.2, 0) is 4.79 Å². The zero-order valence-electron chi connectivity index (χ0n) is 6.67.